The van der Waals surface area contributed by atoms with Crippen molar-refractivity contribution < 1.29 is 5.21 Å². The largest absolute Gasteiger partial charge is 0.409 e. The quantitative estimate of drug-likeness (QED) is 0.234. The van der Waals surface area contributed by atoms with E-state index in [9.17, 15) is 0 Å². The molecule has 0 aliphatic carbocycles. The van der Waals surface area contributed by atoms with Crippen LogP contribution >= 0.6 is 11.6 Å². The van der Waals surface area contributed by atoms with Gasteiger partial charge in [0.2, 0.25) is 0 Å². The van der Waals surface area contributed by atoms with E-state index in [1.165, 1.54) is 0 Å². The van der Waals surface area contributed by atoms with Crippen LogP contribution in [0.25, 0.3) is 0 Å². The van der Waals surface area contributed by atoms with Crippen molar-refractivity contribution in [3.05, 3.63) is 34.9 Å². The van der Waals surface area contributed by atoms with Crippen LogP contribution in [0, 0.1) is 0 Å². The van der Waals surface area contributed by atoms with Crippen molar-refractivity contribution in [1.82, 2.24) is 5.32 Å². The maximum Gasteiger partial charge on any atom is 0.139 e. The smallest absolute Gasteiger partial charge is 0.139 e. The molecule has 5 heteroatoms. The Kier molecular flexibility index (Phi) is 6.54. The number of halogens is 1. The van der Waals surface area contributed by atoms with E-state index in [4.69, 9.17) is 22.5 Å². The van der Waals surface area contributed by atoms with Crippen molar-refractivity contribution in [3.8, 4) is 0 Å². The van der Waals surface area contributed by atoms with Gasteiger partial charge in [-0.3, -0.25) is 0 Å². The topological polar surface area (TPSA) is 70.6 Å². The fourth-order valence-electron chi connectivity index (χ4n) is 1.74. The highest BCUT2D eigenvalue weighted by Crippen LogP contribution is 2.21. The summed E-state index contributed by atoms with van der Waals surface area (Å²) >= 11 is 6.12. The van der Waals surface area contributed by atoms with Crippen LogP contribution in [0.2, 0.25) is 5.02 Å². The van der Waals surface area contributed by atoms with Gasteiger partial charge in [-0.05, 0) is 37.9 Å². The second kappa shape index (κ2) is 7.95. The van der Waals surface area contributed by atoms with E-state index in [1.807, 2.05) is 24.3 Å². The summed E-state index contributed by atoms with van der Waals surface area (Å²) in [5.74, 6) is 0.286. The number of nitrogens with zero attached hydrogens (tertiary/aromatic N) is 1. The average Bonchev–Trinajstić information content (AvgIpc) is 2.38. The van der Waals surface area contributed by atoms with Crippen LogP contribution < -0.4 is 11.1 Å². The monoisotopic (exact) mass is 269 g/mol. The molecule has 1 aromatic carbocycles. The average molecular weight is 270 g/mol. The van der Waals surface area contributed by atoms with E-state index in [-0.39, 0.29) is 11.9 Å². The fraction of sp³-hybridized carbons (Fsp3) is 0.462. The van der Waals surface area contributed by atoms with E-state index >= 15 is 0 Å². The van der Waals surface area contributed by atoms with E-state index < -0.39 is 0 Å². The first-order valence-corrected chi connectivity index (χ1v) is 6.47. The van der Waals surface area contributed by atoms with Crippen LogP contribution in [0.15, 0.2) is 29.4 Å². The fourth-order valence-corrected chi connectivity index (χ4v) is 2.04. The molecule has 4 N–H and O–H groups in total. The number of benzene rings is 1. The molecule has 1 rings (SSSR count). The van der Waals surface area contributed by atoms with Gasteiger partial charge < -0.3 is 16.3 Å². The molecule has 1 aromatic rings. The van der Waals surface area contributed by atoms with E-state index in [0.29, 0.717) is 6.42 Å². The maximum atomic E-state index is 8.39. The minimum absolute atomic E-state index is 0.225. The van der Waals surface area contributed by atoms with Gasteiger partial charge in [0.05, 0.1) is 0 Å². The van der Waals surface area contributed by atoms with Gasteiger partial charge in [0, 0.05) is 17.5 Å². The van der Waals surface area contributed by atoms with Gasteiger partial charge in [-0.2, -0.15) is 0 Å². The molecule has 0 saturated carbocycles. The summed E-state index contributed by atoms with van der Waals surface area (Å²) in [6.45, 7) is 2.97. The Balaban J connectivity index is 2.26. The highest BCUT2D eigenvalue weighted by Gasteiger charge is 2.07. The molecular formula is C13H20ClN3O. The maximum absolute atomic E-state index is 8.39. The van der Waals surface area contributed by atoms with E-state index in [1.54, 1.807) is 0 Å². The lowest BCUT2D eigenvalue weighted by Gasteiger charge is -2.15. The van der Waals surface area contributed by atoms with Gasteiger partial charge in [-0.1, -0.05) is 35.0 Å². The molecule has 0 radical (unpaired) electrons. The molecule has 0 unspecified atom stereocenters. The third-order valence-electron chi connectivity index (χ3n) is 2.81. The normalized spacial score (nSPS) is 13.6. The standard InChI is InChI=1S/C13H20ClN3O/c1-10(11-6-2-3-7-12(11)14)16-9-5-4-8-13(15)17-18/h2-3,6-7,10,16,18H,4-5,8-9H2,1H3,(H2,15,17)/t10-/m1/s1. The minimum Gasteiger partial charge on any atom is -0.409 e. The van der Waals surface area contributed by atoms with E-state index in [2.05, 4.69) is 17.4 Å². The van der Waals surface area contributed by atoms with Crippen LogP contribution in [0.3, 0.4) is 0 Å². The highest BCUT2D eigenvalue weighted by atomic mass is 35.5. The van der Waals surface area contributed by atoms with Gasteiger partial charge in [0.25, 0.3) is 0 Å². The lowest BCUT2D eigenvalue weighted by Crippen LogP contribution is -2.20. The van der Waals surface area contributed by atoms with Gasteiger partial charge >= 0.3 is 0 Å². The predicted molar refractivity (Wildman–Crippen MR) is 75.1 cm³/mol. The summed E-state index contributed by atoms with van der Waals surface area (Å²) in [5.41, 5.74) is 6.50. The molecule has 0 fully saturated rings. The first-order valence-electron chi connectivity index (χ1n) is 6.09. The zero-order chi connectivity index (χ0) is 13.4. The molecular weight excluding hydrogens is 250 g/mol. The molecule has 0 amide bonds. The Bertz CT molecular complexity index is 396. The molecule has 0 spiro atoms. The molecule has 0 aromatic heterocycles. The lowest BCUT2D eigenvalue weighted by atomic mass is 10.1. The molecule has 0 saturated heterocycles. The van der Waals surface area contributed by atoms with Gasteiger partial charge in [-0.15, -0.1) is 0 Å². The number of hydrogen-bond acceptors (Lipinski definition) is 3. The number of amidine groups is 1. The summed E-state index contributed by atoms with van der Waals surface area (Å²) < 4.78 is 0. The Labute approximate surface area is 113 Å². The van der Waals surface area contributed by atoms with Crippen molar-refractivity contribution in [1.29, 1.82) is 0 Å². The number of oxime groups is 1. The van der Waals surface area contributed by atoms with Crippen LogP contribution in [0.5, 0.6) is 0 Å². The number of unbranched alkanes of at least 4 members (excludes halogenated alkanes) is 1. The van der Waals surface area contributed by atoms with Crippen molar-refractivity contribution >= 4 is 17.4 Å². The molecule has 100 valence electrons. The van der Waals surface area contributed by atoms with Crippen molar-refractivity contribution in [3.63, 3.8) is 0 Å². The van der Waals surface area contributed by atoms with Crippen LogP contribution in [-0.2, 0) is 0 Å². The van der Waals surface area contributed by atoms with Crippen LogP contribution in [0.1, 0.15) is 37.8 Å². The molecule has 0 heterocycles. The zero-order valence-electron chi connectivity index (χ0n) is 10.6. The summed E-state index contributed by atoms with van der Waals surface area (Å²) in [4.78, 5) is 0. The molecule has 18 heavy (non-hydrogen) atoms. The van der Waals surface area contributed by atoms with Crippen molar-refractivity contribution in [2.45, 2.75) is 32.2 Å². The minimum atomic E-state index is 0.225. The Morgan fingerprint density at radius 3 is 2.83 bits per heavy atom. The molecule has 0 aliphatic rings. The summed E-state index contributed by atoms with van der Waals surface area (Å²) in [5, 5.41) is 15.5. The molecule has 1 atom stereocenters. The summed E-state index contributed by atoms with van der Waals surface area (Å²) in [6.07, 6.45) is 2.50. The number of nitrogens with two attached hydrogens (primary N) is 1. The zero-order valence-corrected chi connectivity index (χ0v) is 11.3. The number of rotatable bonds is 7. The number of nitrogens with one attached hydrogen (secondary N) is 1. The summed E-state index contributed by atoms with van der Waals surface area (Å²) in [7, 11) is 0. The first kappa shape index (κ1) is 14.8. The molecule has 0 aliphatic heterocycles. The Morgan fingerprint density at radius 2 is 2.17 bits per heavy atom. The second-order valence-corrected chi connectivity index (χ2v) is 4.65. The summed E-state index contributed by atoms with van der Waals surface area (Å²) in [6, 6.07) is 8.06. The van der Waals surface area contributed by atoms with Gasteiger partial charge in [-0.25, -0.2) is 0 Å². The lowest BCUT2D eigenvalue weighted by molar-refractivity contribution is 0.316. The Hall–Kier alpha value is -1.26. The van der Waals surface area contributed by atoms with Crippen LogP contribution in [-0.4, -0.2) is 17.6 Å². The molecule has 4 nitrogen and oxygen atoms in total. The van der Waals surface area contributed by atoms with E-state index in [0.717, 1.165) is 30.0 Å². The predicted octanol–water partition coefficient (Wildman–Crippen LogP) is 2.91. The number of hydrogen-bond donors (Lipinski definition) is 3. The first-order chi connectivity index (χ1) is 8.65. The third kappa shape index (κ3) is 4.94. The van der Waals surface area contributed by atoms with Crippen molar-refractivity contribution in [2.24, 2.45) is 10.9 Å². The SMILES string of the molecule is C[C@@H](NCCCC/C(N)=N/O)c1ccccc1Cl. The highest BCUT2D eigenvalue weighted by molar-refractivity contribution is 6.31. The molecule has 0 bridgehead atoms. The van der Waals surface area contributed by atoms with Crippen LogP contribution in [0.4, 0.5) is 0 Å². The van der Waals surface area contributed by atoms with Crippen molar-refractivity contribution in [2.75, 3.05) is 6.54 Å². The van der Waals surface area contributed by atoms with Gasteiger partial charge in [0.15, 0.2) is 0 Å². The third-order valence-corrected chi connectivity index (χ3v) is 3.15. The Morgan fingerprint density at radius 1 is 1.44 bits per heavy atom. The van der Waals surface area contributed by atoms with Gasteiger partial charge in [0.1, 0.15) is 5.84 Å². The second-order valence-electron chi connectivity index (χ2n) is 4.25.